The lowest BCUT2D eigenvalue weighted by molar-refractivity contribution is 0.0372. The van der Waals surface area contributed by atoms with Crippen LogP contribution in [0.15, 0.2) is 10.9 Å². The molecule has 18 heavy (non-hydrogen) atoms. The molecule has 1 aromatic heterocycles. The van der Waals surface area contributed by atoms with E-state index in [1.54, 1.807) is 0 Å². The Morgan fingerprint density at radius 3 is 3.11 bits per heavy atom. The van der Waals surface area contributed by atoms with Crippen molar-refractivity contribution < 1.29 is 4.74 Å². The van der Waals surface area contributed by atoms with Gasteiger partial charge in [0, 0.05) is 31.6 Å². The van der Waals surface area contributed by atoms with Crippen LogP contribution < -0.4 is 16.2 Å². The van der Waals surface area contributed by atoms with Crippen molar-refractivity contribution in [2.45, 2.75) is 25.9 Å². The smallest absolute Gasteiger partial charge is 0.252 e. The summed E-state index contributed by atoms with van der Waals surface area (Å²) in [6.45, 7) is 7.10. The van der Waals surface area contributed by atoms with E-state index < -0.39 is 0 Å². The lowest BCUT2D eigenvalue weighted by Crippen LogP contribution is -2.42. The Kier molecular flexibility index (Phi) is 4.33. The largest absolute Gasteiger partial charge is 0.374 e. The molecule has 0 spiro atoms. The van der Waals surface area contributed by atoms with Crippen LogP contribution in [0.4, 0.5) is 5.82 Å². The Bertz CT molecular complexity index is 438. The molecule has 1 atom stereocenters. The van der Waals surface area contributed by atoms with Gasteiger partial charge in [-0.15, -0.1) is 0 Å². The predicted molar refractivity (Wildman–Crippen MR) is 70.0 cm³/mol. The fraction of sp³-hybridized carbons (Fsp3) is 0.667. The van der Waals surface area contributed by atoms with Crippen LogP contribution in [0.25, 0.3) is 0 Å². The van der Waals surface area contributed by atoms with E-state index in [0.717, 1.165) is 19.7 Å². The molecule has 100 valence electrons. The van der Waals surface area contributed by atoms with E-state index in [9.17, 15) is 4.79 Å². The molecular weight excluding hydrogens is 232 g/mol. The maximum absolute atomic E-state index is 11.5. The number of rotatable bonds is 4. The average molecular weight is 252 g/mol. The Balaban J connectivity index is 1.97. The zero-order valence-corrected chi connectivity index (χ0v) is 10.8. The van der Waals surface area contributed by atoms with E-state index >= 15 is 0 Å². The number of anilines is 1. The van der Waals surface area contributed by atoms with Crippen molar-refractivity contribution in [2.75, 3.05) is 31.6 Å². The van der Waals surface area contributed by atoms with Crippen LogP contribution in [0.5, 0.6) is 0 Å². The van der Waals surface area contributed by atoms with Crippen molar-refractivity contribution in [3.05, 3.63) is 22.2 Å². The molecule has 1 saturated heterocycles. The first-order valence-electron chi connectivity index (χ1n) is 6.32. The molecule has 0 radical (unpaired) electrons. The van der Waals surface area contributed by atoms with Crippen LogP contribution >= 0.6 is 0 Å². The minimum atomic E-state index is -0.126. The second-order valence-electron chi connectivity index (χ2n) is 4.75. The van der Waals surface area contributed by atoms with E-state index in [1.165, 1.54) is 6.07 Å². The molecule has 0 bridgehead atoms. The molecule has 0 amide bonds. The third-order valence-electron chi connectivity index (χ3n) is 2.82. The summed E-state index contributed by atoms with van der Waals surface area (Å²) in [6.07, 6.45) is 0.127. The Hall–Kier alpha value is -1.40. The lowest BCUT2D eigenvalue weighted by atomic mass is 10.2. The van der Waals surface area contributed by atoms with Gasteiger partial charge in [-0.05, 0) is 0 Å². The van der Waals surface area contributed by atoms with Gasteiger partial charge in [-0.1, -0.05) is 13.8 Å². The first-order valence-corrected chi connectivity index (χ1v) is 6.32. The summed E-state index contributed by atoms with van der Waals surface area (Å²) < 4.78 is 5.57. The number of ether oxygens (including phenoxy) is 1. The van der Waals surface area contributed by atoms with Gasteiger partial charge < -0.3 is 20.4 Å². The highest BCUT2D eigenvalue weighted by Gasteiger charge is 2.13. The summed E-state index contributed by atoms with van der Waals surface area (Å²) >= 11 is 0. The lowest BCUT2D eigenvalue weighted by Gasteiger charge is -2.24. The van der Waals surface area contributed by atoms with Gasteiger partial charge in [0.1, 0.15) is 11.6 Å². The predicted octanol–water partition coefficient (Wildman–Crippen LogP) is 0.294. The molecule has 0 aliphatic carbocycles. The summed E-state index contributed by atoms with van der Waals surface area (Å²) in [6, 6.07) is 1.47. The number of morpholine rings is 1. The Morgan fingerprint density at radius 2 is 2.44 bits per heavy atom. The number of nitrogens with one attached hydrogen (secondary N) is 3. The Morgan fingerprint density at radius 1 is 1.61 bits per heavy atom. The topological polar surface area (TPSA) is 79.0 Å². The molecule has 1 aliphatic rings. The summed E-state index contributed by atoms with van der Waals surface area (Å²) in [4.78, 5) is 18.6. The highest BCUT2D eigenvalue weighted by Crippen LogP contribution is 2.09. The van der Waals surface area contributed by atoms with Gasteiger partial charge >= 0.3 is 0 Å². The molecule has 1 unspecified atom stereocenters. The number of aromatic amines is 1. The molecule has 1 aromatic rings. The summed E-state index contributed by atoms with van der Waals surface area (Å²) in [7, 11) is 0. The fourth-order valence-electron chi connectivity index (χ4n) is 1.81. The van der Waals surface area contributed by atoms with E-state index in [4.69, 9.17) is 4.74 Å². The number of hydrogen-bond acceptors (Lipinski definition) is 5. The third-order valence-corrected chi connectivity index (χ3v) is 2.82. The van der Waals surface area contributed by atoms with Crippen molar-refractivity contribution in [1.82, 2.24) is 15.3 Å². The van der Waals surface area contributed by atoms with Gasteiger partial charge in [-0.25, -0.2) is 4.98 Å². The molecule has 1 fully saturated rings. The fourth-order valence-corrected chi connectivity index (χ4v) is 1.81. The second-order valence-corrected chi connectivity index (χ2v) is 4.75. The number of nitrogens with zero attached hydrogens (tertiary/aromatic N) is 1. The highest BCUT2D eigenvalue weighted by atomic mass is 16.5. The molecule has 3 N–H and O–H groups in total. The van der Waals surface area contributed by atoms with E-state index in [0.29, 0.717) is 18.2 Å². The normalized spacial score (nSPS) is 20.1. The molecule has 2 heterocycles. The van der Waals surface area contributed by atoms with Gasteiger partial charge in [0.15, 0.2) is 0 Å². The SMILES string of the molecule is CC(C)c1nc(NCC2CNCCO2)cc(=O)[nH]1. The zero-order valence-electron chi connectivity index (χ0n) is 10.8. The first-order chi connectivity index (χ1) is 8.65. The van der Waals surface area contributed by atoms with Crippen molar-refractivity contribution >= 4 is 5.82 Å². The van der Waals surface area contributed by atoms with Crippen LogP contribution in [0, 0.1) is 0 Å². The van der Waals surface area contributed by atoms with Gasteiger partial charge in [0.05, 0.1) is 12.7 Å². The molecule has 1 aliphatic heterocycles. The van der Waals surface area contributed by atoms with Gasteiger partial charge in [-0.2, -0.15) is 0 Å². The monoisotopic (exact) mass is 252 g/mol. The molecule has 0 saturated carbocycles. The van der Waals surface area contributed by atoms with E-state index in [-0.39, 0.29) is 17.6 Å². The first kappa shape index (κ1) is 13.0. The van der Waals surface area contributed by atoms with Crippen LogP contribution in [0.1, 0.15) is 25.6 Å². The molecule has 2 rings (SSSR count). The maximum atomic E-state index is 11.5. The molecule has 6 nitrogen and oxygen atoms in total. The summed E-state index contributed by atoms with van der Waals surface area (Å²) in [5.41, 5.74) is -0.126. The van der Waals surface area contributed by atoms with Crippen LogP contribution in [-0.4, -0.2) is 42.3 Å². The maximum Gasteiger partial charge on any atom is 0.252 e. The van der Waals surface area contributed by atoms with E-state index in [2.05, 4.69) is 20.6 Å². The van der Waals surface area contributed by atoms with Gasteiger partial charge in [0.2, 0.25) is 0 Å². The molecular formula is C12H20N4O2. The van der Waals surface area contributed by atoms with Crippen molar-refractivity contribution in [3.8, 4) is 0 Å². The Labute approximate surface area is 106 Å². The highest BCUT2D eigenvalue weighted by molar-refractivity contribution is 5.33. The van der Waals surface area contributed by atoms with Gasteiger partial charge in [-0.3, -0.25) is 4.79 Å². The summed E-state index contributed by atoms with van der Waals surface area (Å²) in [5.74, 6) is 1.51. The van der Waals surface area contributed by atoms with E-state index in [1.807, 2.05) is 13.8 Å². The van der Waals surface area contributed by atoms with Crippen LogP contribution in [-0.2, 0) is 4.74 Å². The molecule has 0 aromatic carbocycles. The van der Waals surface area contributed by atoms with Crippen LogP contribution in [0.3, 0.4) is 0 Å². The number of hydrogen-bond donors (Lipinski definition) is 3. The van der Waals surface area contributed by atoms with Crippen LogP contribution in [0.2, 0.25) is 0 Å². The summed E-state index contributed by atoms with van der Waals surface area (Å²) in [5, 5.41) is 6.41. The average Bonchev–Trinajstić information content (AvgIpc) is 2.37. The third kappa shape index (κ3) is 3.54. The second kappa shape index (κ2) is 5.97. The van der Waals surface area contributed by atoms with Crippen molar-refractivity contribution in [3.63, 3.8) is 0 Å². The number of aromatic nitrogens is 2. The quantitative estimate of drug-likeness (QED) is 0.718. The minimum absolute atomic E-state index is 0.126. The zero-order chi connectivity index (χ0) is 13.0. The van der Waals surface area contributed by atoms with Crippen molar-refractivity contribution in [1.29, 1.82) is 0 Å². The van der Waals surface area contributed by atoms with Gasteiger partial charge in [0.25, 0.3) is 5.56 Å². The minimum Gasteiger partial charge on any atom is -0.374 e. The number of H-pyrrole nitrogens is 1. The molecule has 6 heteroatoms. The van der Waals surface area contributed by atoms with Crippen molar-refractivity contribution in [2.24, 2.45) is 0 Å². The standard InChI is InChI=1S/C12H20N4O2/c1-8(2)12-15-10(5-11(17)16-12)14-7-9-6-13-3-4-18-9/h5,8-9,13H,3-4,6-7H2,1-2H3,(H2,14,15,16,17).